The SMILES string of the molecule is N#CCN(CC#N)C(=O)COc1ccc([N+](=O)[O-])cc1. The van der Waals surface area contributed by atoms with E-state index in [0.29, 0.717) is 0 Å². The van der Waals surface area contributed by atoms with E-state index in [1.807, 2.05) is 0 Å². The molecule has 0 aliphatic carbocycles. The number of nitrogens with zero attached hydrogens (tertiary/aromatic N) is 4. The highest BCUT2D eigenvalue weighted by molar-refractivity contribution is 5.78. The van der Waals surface area contributed by atoms with Crippen molar-refractivity contribution in [2.24, 2.45) is 0 Å². The molecule has 1 amide bonds. The smallest absolute Gasteiger partial charge is 0.269 e. The van der Waals surface area contributed by atoms with E-state index in [1.165, 1.54) is 24.3 Å². The summed E-state index contributed by atoms with van der Waals surface area (Å²) in [4.78, 5) is 22.6. The summed E-state index contributed by atoms with van der Waals surface area (Å²) < 4.78 is 5.14. The first-order valence-corrected chi connectivity index (χ1v) is 5.47. The molecule has 8 nitrogen and oxygen atoms in total. The molecule has 0 atom stereocenters. The summed E-state index contributed by atoms with van der Waals surface area (Å²) in [5.74, 6) is -0.218. The highest BCUT2D eigenvalue weighted by atomic mass is 16.6. The molecule has 0 radical (unpaired) electrons. The van der Waals surface area contributed by atoms with E-state index in [9.17, 15) is 14.9 Å². The molecular formula is C12H10N4O4. The van der Waals surface area contributed by atoms with E-state index < -0.39 is 10.8 Å². The number of carbonyl (C=O) groups excluding carboxylic acids is 1. The predicted molar refractivity (Wildman–Crippen MR) is 66.4 cm³/mol. The monoisotopic (exact) mass is 274 g/mol. The Morgan fingerprint density at radius 3 is 2.25 bits per heavy atom. The zero-order valence-corrected chi connectivity index (χ0v) is 10.4. The fourth-order valence-electron chi connectivity index (χ4n) is 1.30. The van der Waals surface area contributed by atoms with Gasteiger partial charge in [-0.3, -0.25) is 14.9 Å². The van der Waals surface area contributed by atoms with Crippen molar-refractivity contribution in [3.63, 3.8) is 0 Å². The van der Waals surface area contributed by atoms with Crippen molar-refractivity contribution in [3.8, 4) is 17.9 Å². The fourth-order valence-corrected chi connectivity index (χ4v) is 1.30. The Hall–Kier alpha value is -3.13. The van der Waals surface area contributed by atoms with E-state index >= 15 is 0 Å². The van der Waals surface area contributed by atoms with Gasteiger partial charge in [-0.05, 0) is 12.1 Å². The molecule has 8 heteroatoms. The molecule has 0 aromatic heterocycles. The van der Waals surface area contributed by atoms with Gasteiger partial charge in [0.1, 0.15) is 18.8 Å². The Labute approximate surface area is 114 Å². The molecule has 102 valence electrons. The van der Waals surface area contributed by atoms with Crippen LogP contribution in [-0.2, 0) is 4.79 Å². The van der Waals surface area contributed by atoms with Gasteiger partial charge in [0.15, 0.2) is 6.61 Å². The van der Waals surface area contributed by atoms with Gasteiger partial charge < -0.3 is 9.64 Å². The average molecular weight is 274 g/mol. The van der Waals surface area contributed by atoms with Gasteiger partial charge in [-0.15, -0.1) is 0 Å². The molecule has 20 heavy (non-hydrogen) atoms. The van der Waals surface area contributed by atoms with Crippen molar-refractivity contribution in [1.29, 1.82) is 10.5 Å². The summed E-state index contributed by atoms with van der Waals surface area (Å²) in [7, 11) is 0. The van der Waals surface area contributed by atoms with Crippen molar-refractivity contribution in [2.45, 2.75) is 0 Å². The molecule has 1 rings (SSSR count). The maximum atomic E-state index is 11.7. The molecule has 0 saturated carbocycles. The van der Waals surface area contributed by atoms with Crippen LogP contribution in [0.5, 0.6) is 5.75 Å². The summed E-state index contributed by atoms with van der Waals surface area (Å²) in [6.07, 6.45) is 0. The zero-order chi connectivity index (χ0) is 15.0. The van der Waals surface area contributed by atoms with E-state index in [2.05, 4.69) is 0 Å². The third-order valence-electron chi connectivity index (χ3n) is 2.29. The minimum Gasteiger partial charge on any atom is -0.484 e. The second-order valence-corrected chi connectivity index (χ2v) is 3.61. The molecule has 0 N–H and O–H groups in total. The van der Waals surface area contributed by atoms with Crippen LogP contribution in [0.1, 0.15) is 0 Å². The number of rotatable bonds is 6. The number of nitriles is 2. The summed E-state index contributed by atoms with van der Waals surface area (Å²) in [5, 5.41) is 27.5. The van der Waals surface area contributed by atoms with Crippen LogP contribution in [0.15, 0.2) is 24.3 Å². The summed E-state index contributed by atoms with van der Waals surface area (Å²) >= 11 is 0. The topological polar surface area (TPSA) is 120 Å². The number of nitro groups is 1. The highest BCUT2D eigenvalue weighted by Crippen LogP contribution is 2.17. The quantitative estimate of drug-likeness (QED) is 0.430. The molecular weight excluding hydrogens is 264 g/mol. The number of hydrogen-bond acceptors (Lipinski definition) is 6. The fraction of sp³-hybridized carbons (Fsp3) is 0.250. The van der Waals surface area contributed by atoms with E-state index in [4.69, 9.17) is 15.3 Å². The molecule has 0 unspecified atom stereocenters. The van der Waals surface area contributed by atoms with Crippen LogP contribution in [0, 0.1) is 32.8 Å². The summed E-state index contributed by atoms with van der Waals surface area (Å²) in [5.41, 5.74) is -0.0840. The normalized spacial score (nSPS) is 9.10. The number of non-ortho nitro benzene ring substituents is 1. The van der Waals surface area contributed by atoms with Gasteiger partial charge in [0, 0.05) is 12.1 Å². The first-order valence-electron chi connectivity index (χ1n) is 5.47. The van der Waals surface area contributed by atoms with Crippen LogP contribution >= 0.6 is 0 Å². The minimum absolute atomic E-state index is 0.0840. The van der Waals surface area contributed by atoms with Gasteiger partial charge in [0.2, 0.25) is 0 Å². The summed E-state index contributed by atoms with van der Waals surface area (Å²) in [6, 6.07) is 8.79. The Morgan fingerprint density at radius 2 is 1.80 bits per heavy atom. The van der Waals surface area contributed by atoms with Crippen molar-refractivity contribution in [2.75, 3.05) is 19.7 Å². The van der Waals surface area contributed by atoms with Crippen molar-refractivity contribution in [1.82, 2.24) is 4.90 Å². The average Bonchev–Trinajstić information content (AvgIpc) is 2.45. The van der Waals surface area contributed by atoms with Gasteiger partial charge in [-0.25, -0.2) is 0 Å². The number of hydrogen-bond donors (Lipinski definition) is 0. The second kappa shape index (κ2) is 7.34. The number of amides is 1. The predicted octanol–water partition coefficient (Wildman–Crippen LogP) is 0.849. The maximum Gasteiger partial charge on any atom is 0.269 e. The molecule has 0 aliphatic heterocycles. The van der Waals surface area contributed by atoms with Gasteiger partial charge in [0.25, 0.3) is 11.6 Å². The molecule has 0 aliphatic rings. The van der Waals surface area contributed by atoms with Gasteiger partial charge in [-0.1, -0.05) is 0 Å². The largest absolute Gasteiger partial charge is 0.484 e. The highest BCUT2D eigenvalue weighted by Gasteiger charge is 2.13. The lowest BCUT2D eigenvalue weighted by molar-refractivity contribution is -0.384. The number of benzene rings is 1. The van der Waals surface area contributed by atoms with Gasteiger partial charge in [0.05, 0.1) is 17.1 Å². The molecule has 0 heterocycles. The Kier molecular flexibility index (Phi) is 5.48. The number of nitro benzene ring substituents is 1. The minimum atomic E-state index is -0.545. The first-order chi connectivity index (χ1) is 9.58. The van der Waals surface area contributed by atoms with Crippen molar-refractivity contribution < 1.29 is 14.5 Å². The van der Waals surface area contributed by atoms with Crippen molar-refractivity contribution in [3.05, 3.63) is 34.4 Å². The lowest BCUT2D eigenvalue weighted by atomic mass is 10.3. The number of ether oxygens (including phenoxy) is 1. The van der Waals surface area contributed by atoms with E-state index in [1.54, 1.807) is 12.1 Å². The van der Waals surface area contributed by atoms with Crippen LogP contribution in [-0.4, -0.2) is 35.4 Å². The first kappa shape index (κ1) is 14.9. The van der Waals surface area contributed by atoms with Crippen LogP contribution < -0.4 is 4.74 Å². The standard InChI is InChI=1S/C12H10N4O4/c13-5-7-15(8-6-14)12(17)9-20-11-3-1-10(2-4-11)16(18)19/h1-4H,7-9H2. The summed E-state index contributed by atoms with van der Waals surface area (Å²) in [6.45, 7) is -0.743. The molecule has 0 bridgehead atoms. The third kappa shape index (κ3) is 4.27. The van der Waals surface area contributed by atoms with Gasteiger partial charge >= 0.3 is 0 Å². The lowest BCUT2D eigenvalue weighted by Crippen LogP contribution is -2.35. The molecule has 0 fully saturated rings. The van der Waals surface area contributed by atoms with E-state index in [0.717, 1.165) is 4.90 Å². The number of carbonyl (C=O) groups is 1. The Bertz CT molecular complexity index is 555. The molecule has 0 spiro atoms. The van der Waals surface area contributed by atoms with Crippen LogP contribution in [0.2, 0.25) is 0 Å². The molecule has 1 aromatic rings. The molecule has 0 saturated heterocycles. The second-order valence-electron chi connectivity index (χ2n) is 3.61. The lowest BCUT2D eigenvalue weighted by Gasteiger charge is -2.15. The van der Waals surface area contributed by atoms with Crippen LogP contribution in [0.3, 0.4) is 0 Å². The van der Waals surface area contributed by atoms with Crippen LogP contribution in [0.4, 0.5) is 5.69 Å². The van der Waals surface area contributed by atoms with Crippen molar-refractivity contribution >= 4 is 11.6 Å². The van der Waals surface area contributed by atoms with Gasteiger partial charge in [-0.2, -0.15) is 10.5 Å². The Morgan fingerprint density at radius 1 is 1.25 bits per heavy atom. The maximum absolute atomic E-state index is 11.7. The molecule has 1 aromatic carbocycles. The Balaban J connectivity index is 2.58. The van der Waals surface area contributed by atoms with E-state index in [-0.39, 0.29) is 31.1 Å². The third-order valence-corrected chi connectivity index (χ3v) is 2.29. The van der Waals surface area contributed by atoms with Crippen LogP contribution in [0.25, 0.3) is 0 Å². The zero-order valence-electron chi connectivity index (χ0n) is 10.4.